The van der Waals surface area contributed by atoms with Crippen molar-refractivity contribution in [2.24, 2.45) is 5.73 Å². The van der Waals surface area contributed by atoms with Gasteiger partial charge in [0.05, 0.1) is 5.56 Å². The first-order valence-electron chi connectivity index (χ1n) is 6.54. The second-order valence-corrected chi connectivity index (χ2v) is 4.79. The predicted molar refractivity (Wildman–Crippen MR) is 80.1 cm³/mol. The molecule has 2 rings (SSSR count). The highest BCUT2D eigenvalue weighted by Gasteiger charge is 2.08. The van der Waals surface area contributed by atoms with E-state index in [0.717, 1.165) is 22.4 Å². The lowest BCUT2D eigenvalue weighted by atomic mass is 10.1. The minimum atomic E-state index is 0.547. The number of anilines is 1. The van der Waals surface area contributed by atoms with E-state index in [4.69, 9.17) is 5.73 Å². The summed E-state index contributed by atoms with van der Waals surface area (Å²) in [4.78, 5) is 4.40. The molecular formula is C16H18N4. The molecule has 1 aromatic carbocycles. The zero-order chi connectivity index (χ0) is 14.5. The molecule has 0 fully saturated rings. The molecule has 1 heterocycles. The summed E-state index contributed by atoms with van der Waals surface area (Å²) in [6.45, 7) is 5.03. The maximum absolute atomic E-state index is 9.21. The van der Waals surface area contributed by atoms with Crippen molar-refractivity contribution in [2.75, 3.05) is 5.32 Å². The first-order valence-corrected chi connectivity index (χ1v) is 6.54. The number of nitriles is 1. The second kappa shape index (κ2) is 6.18. The van der Waals surface area contributed by atoms with Crippen LogP contribution in [-0.4, -0.2) is 4.98 Å². The zero-order valence-electron chi connectivity index (χ0n) is 11.8. The van der Waals surface area contributed by atoms with E-state index >= 15 is 0 Å². The Bertz CT molecular complexity index is 639. The van der Waals surface area contributed by atoms with Crippen LogP contribution in [0.3, 0.4) is 0 Å². The van der Waals surface area contributed by atoms with Gasteiger partial charge in [-0.25, -0.2) is 4.98 Å². The maximum atomic E-state index is 9.21. The Morgan fingerprint density at radius 2 is 1.85 bits per heavy atom. The molecule has 0 atom stereocenters. The minimum Gasteiger partial charge on any atom is -0.365 e. The monoisotopic (exact) mass is 266 g/mol. The average molecular weight is 266 g/mol. The number of pyridine rings is 1. The highest BCUT2D eigenvalue weighted by atomic mass is 15.0. The number of aryl methyl sites for hydroxylation is 2. The Labute approximate surface area is 119 Å². The van der Waals surface area contributed by atoms with Gasteiger partial charge in [-0.2, -0.15) is 5.26 Å². The normalized spacial score (nSPS) is 10.1. The van der Waals surface area contributed by atoms with Crippen LogP contribution >= 0.6 is 0 Å². The number of hydrogen-bond donors (Lipinski definition) is 2. The van der Waals surface area contributed by atoms with Gasteiger partial charge >= 0.3 is 0 Å². The molecule has 0 bridgehead atoms. The molecule has 0 saturated heterocycles. The van der Waals surface area contributed by atoms with Crippen LogP contribution in [0, 0.1) is 25.2 Å². The lowest BCUT2D eigenvalue weighted by molar-refractivity contribution is 1.05. The van der Waals surface area contributed by atoms with Gasteiger partial charge in [0.2, 0.25) is 0 Å². The van der Waals surface area contributed by atoms with Crippen molar-refractivity contribution in [1.82, 2.24) is 4.98 Å². The van der Waals surface area contributed by atoms with Crippen molar-refractivity contribution in [3.05, 3.63) is 58.3 Å². The van der Waals surface area contributed by atoms with E-state index in [1.165, 1.54) is 0 Å². The van der Waals surface area contributed by atoms with E-state index in [9.17, 15) is 5.26 Å². The maximum Gasteiger partial charge on any atom is 0.144 e. The molecule has 2 aromatic rings. The smallest absolute Gasteiger partial charge is 0.144 e. The lowest BCUT2D eigenvalue weighted by Crippen LogP contribution is -2.06. The molecule has 102 valence electrons. The van der Waals surface area contributed by atoms with Gasteiger partial charge in [0.25, 0.3) is 0 Å². The Morgan fingerprint density at radius 3 is 2.45 bits per heavy atom. The summed E-state index contributed by atoms with van der Waals surface area (Å²) >= 11 is 0. The van der Waals surface area contributed by atoms with Crippen LogP contribution in [0.4, 0.5) is 5.82 Å². The second-order valence-electron chi connectivity index (χ2n) is 4.79. The third kappa shape index (κ3) is 3.14. The van der Waals surface area contributed by atoms with Crippen LogP contribution in [0.5, 0.6) is 0 Å². The highest BCUT2D eigenvalue weighted by molar-refractivity contribution is 5.56. The summed E-state index contributed by atoms with van der Waals surface area (Å²) in [6, 6.07) is 12.2. The molecule has 0 saturated carbocycles. The fourth-order valence-corrected chi connectivity index (χ4v) is 2.08. The number of benzene rings is 1. The number of hydrogen-bond acceptors (Lipinski definition) is 4. The molecule has 0 amide bonds. The first kappa shape index (κ1) is 14.0. The van der Waals surface area contributed by atoms with E-state index in [0.29, 0.717) is 24.5 Å². The Hall–Kier alpha value is -2.38. The fourth-order valence-electron chi connectivity index (χ4n) is 2.08. The minimum absolute atomic E-state index is 0.547. The zero-order valence-corrected chi connectivity index (χ0v) is 11.8. The van der Waals surface area contributed by atoms with Gasteiger partial charge in [-0.05, 0) is 36.6 Å². The average Bonchev–Trinajstić information content (AvgIpc) is 2.45. The van der Waals surface area contributed by atoms with Crippen LogP contribution in [0.25, 0.3) is 0 Å². The van der Waals surface area contributed by atoms with Crippen molar-refractivity contribution >= 4 is 5.82 Å². The fraction of sp³-hybridized carbons (Fsp3) is 0.250. The Morgan fingerprint density at radius 1 is 1.20 bits per heavy atom. The largest absolute Gasteiger partial charge is 0.365 e. The van der Waals surface area contributed by atoms with Gasteiger partial charge in [-0.1, -0.05) is 24.3 Å². The van der Waals surface area contributed by atoms with Gasteiger partial charge in [-0.15, -0.1) is 0 Å². The SMILES string of the molecule is Cc1cc(C)c(C#N)c(NCc2ccc(CN)cc2)n1. The van der Waals surface area contributed by atoms with E-state index in [2.05, 4.69) is 16.4 Å². The molecule has 4 nitrogen and oxygen atoms in total. The summed E-state index contributed by atoms with van der Waals surface area (Å²) < 4.78 is 0. The molecule has 0 unspecified atom stereocenters. The summed E-state index contributed by atoms with van der Waals surface area (Å²) in [5, 5.41) is 12.4. The third-order valence-corrected chi connectivity index (χ3v) is 3.18. The van der Waals surface area contributed by atoms with Gasteiger partial charge in [0.15, 0.2) is 0 Å². The molecule has 0 radical (unpaired) electrons. The van der Waals surface area contributed by atoms with Crippen molar-refractivity contribution in [3.8, 4) is 6.07 Å². The van der Waals surface area contributed by atoms with Crippen molar-refractivity contribution in [3.63, 3.8) is 0 Å². The van der Waals surface area contributed by atoms with Gasteiger partial charge < -0.3 is 11.1 Å². The van der Waals surface area contributed by atoms with Gasteiger partial charge in [-0.3, -0.25) is 0 Å². The van der Waals surface area contributed by atoms with Crippen LogP contribution in [-0.2, 0) is 13.1 Å². The molecule has 0 aliphatic carbocycles. The first-order chi connectivity index (χ1) is 9.63. The molecule has 1 aromatic heterocycles. The van der Waals surface area contributed by atoms with Gasteiger partial charge in [0, 0.05) is 18.8 Å². The van der Waals surface area contributed by atoms with Crippen LogP contribution in [0.15, 0.2) is 30.3 Å². The van der Waals surface area contributed by atoms with Crippen molar-refractivity contribution in [1.29, 1.82) is 5.26 Å². The molecule has 4 heteroatoms. The molecular weight excluding hydrogens is 248 g/mol. The molecule has 0 spiro atoms. The van der Waals surface area contributed by atoms with Gasteiger partial charge in [0.1, 0.15) is 11.9 Å². The number of nitrogens with zero attached hydrogens (tertiary/aromatic N) is 2. The molecule has 0 aliphatic rings. The lowest BCUT2D eigenvalue weighted by Gasteiger charge is -2.10. The van der Waals surface area contributed by atoms with Crippen molar-refractivity contribution < 1.29 is 0 Å². The van der Waals surface area contributed by atoms with Crippen LogP contribution in [0.1, 0.15) is 27.9 Å². The number of nitrogens with two attached hydrogens (primary N) is 1. The molecule has 20 heavy (non-hydrogen) atoms. The number of rotatable bonds is 4. The number of nitrogens with one attached hydrogen (secondary N) is 1. The third-order valence-electron chi connectivity index (χ3n) is 3.18. The Balaban J connectivity index is 2.16. The standard InChI is InChI=1S/C16H18N4/c1-11-7-12(2)20-16(15(11)9-18)19-10-14-5-3-13(8-17)4-6-14/h3-7H,8,10,17H2,1-2H3,(H,19,20). The Kier molecular flexibility index (Phi) is 4.34. The summed E-state index contributed by atoms with van der Waals surface area (Å²) in [7, 11) is 0. The quantitative estimate of drug-likeness (QED) is 0.892. The van der Waals surface area contributed by atoms with Crippen molar-refractivity contribution in [2.45, 2.75) is 26.9 Å². The van der Waals surface area contributed by atoms with Crippen LogP contribution < -0.4 is 11.1 Å². The number of aromatic nitrogens is 1. The van der Waals surface area contributed by atoms with Crippen LogP contribution in [0.2, 0.25) is 0 Å². The van der Waals surface area contributed by atoms with E-state index in [-0.39, 0.29) is 0 Å². The summed E-state index contributed by atoms with van der Waals surface area (Å²) in [6.07, 6.45) is 0. The predicted octanol–water partition coefficient (Wildman–Crippen LogP) is 2.64. The van der Waals surface area contributed by atoms with E-state index < -0.39 is 0 Å². The highest BCUT2D eigenvalue weighted by Crippen LogP contribution is 2.18. The van der Waals surface area contributed by atoms with E-state index in [1.807, 2.05) is 44.2 Å². The molecule has 3 N–H and O–H groups in total. The summed E-state index contributed by atoms with van der Waals surface area (Å²) in [5.74, 6) is 0.646. The van der Waals surface area contributed by atoms with E-state index in [1.54, 1.807) is 0 Å². The summed E-state index contributed by atoms with van der Waals surface area (Å²) in [5.41, 5.74) is 10.3. The molecule has 0 aliphatic heterocycles. The topological polar surface area (TPSA) is 74.7 Å².